The van der Waals surface area contributed by atoms with E-state index in [4.69, 9.17) is 18.9 Å². The third-order valence-corrected chi connectivity index (χ3v) is 15.0. The van der Waals surface area contributed by atoms with Crippen molar-refractivity contribution in [2.75, 3.05) is 84.6 Å². The number of rotatable bonds is 7. The summed E-state index contributed by atoms with van der Waals surface area (Å²) in [6.07, 6.45) is -0.957. The summed E-state index contributed by atoms with van der Waals surface area (Å²) in [6, 6.07) is 14.5. The number of aromatic nitrogens is 4. The quantitative estimate of drug-likeness (QED) is 0.133. The molecule has 20 nitrogen and oxygen atoms in total. The molecule has 8 heterocycles. The molecular formula is C54H75IN10O10. The second-order valence-electron chi connectivity index (χ2n) is 23.2. The summed E-state index contributed by atoms with van der Waals surface area (Å²) >= 11 is 2.18. The van der Waals surface area contributed by atoms with Crippen LogP contribution >= 0.6 is 22.6 Å². The fraction of sp³-hybridized carbons (Fsp3) is 0.593. The van der Waals surface area contributed by atoms with Crippen LogP contribution in [0.1, 0.15) is 102 Å². The number of amides is 2. The number of fused-ring (bicyclic) bond motifs is 2. The third kappa shape index (κ3) is 11.7. The zero-order valence-corrected chi connectivity index (χ0v) is 47.8. The molecule has 408 valence electrons. The van der Waals surface area contributed by atoms with Gasteiger partial charge in [-0.25, -0.2) is 28.8 Å². The molecule has 21 heteroatoms. The minimum Gasteiger partial charge on any atom is -0.461 e. The number of nitrogens with one attached hydrogen (secondary N) is 1. The van der Waals surface area contributed by atoms with E-state index in [0.717, 1.165) is 40.9 Å². The first-order chi connectivity index (χ1) is 35.2. The maximum Gasteiger partial charge on any atom is 0.410 e. The molecule has 6 aliphatic heterocycles. The van der Waals surface area contributed by atoms with Gasteiger partial charge in [0.2, 0.25) is 0 Å². The monoisotopic (exact) mass is 1150 g/mol. The van der Waals surface area contributed by atoms with E-state index in [1.54, 1.807) is 65.7 Å². The van der Waals surface area contributed by atoms with Crippen molar-refractivity contribution < 1.29 is 38.1 Å². The van der Waals surface area contributed by atoms with Crippen molar-refractivity contribution in [1.29, 1.82) is 0 Å². The highest BCUT2D eigenvalue weighted by atomic mass is 127. The molecule has 2 aromatic heterocycles. The Kier molecular flexibility index (Phi) is 15.9. The maximum atomic E-state index is 13.6. The molecule has 0 bridgehead atoms. The molecule has 0 aliphatic carbocycles. The third-order valence-electron chi connectivity index (χ3n) is 14.3. The van der Waals surface area contributed by atoms with Gasteiger partial charge in [-0.1, -0.05) is 0 Å². The van der Waals surface area contributed by atoms with E-state index < -0.39 is 35.3 Å². The highest BCUT2D eigenvalue weighted by Crippen LogP contribution is 2.41. The summed E-state index contributed by atoms with van der Waals surface area (Å²) in [5, 5.41) is 3.30. The van der Waals surface area contributed by atoms with Crippen LogP contribution in [0.15, 0.2) is 58.1 Å². The van der Waals surface area contributed by atoms with Gasteiger partial charge in [0.1, 0.15) is 11.2 Å². The number of halogens is 1. The molecular weight excluding hydrogens is 1080 g/mol. The Morgan fingerprint density at radius 2 is 0.973 bits per heavy atom. The van der Waals surface area contributed by atoms with Crippen LogP contribution in [0.5, 0.6) is 0 Å². The first-order valence-electron chi connectivity index (χ1n) is 26.0. The lowest BCUT2D eigenvalue weighted by Crippen LogP contribution is -2.71. The van der Waals surface area contributed by atoms with Gasteiger partial charge in [0, 0.05) is 85.5 Å². The van der Waals surface area contributed by atoms with Gasteiger partial charge in [-0.2, -0.15) is 0 Å². The minimum absolute atomic E-state index is 0.0782. The molecule has 1 N–H and O–H groups in total. The van der Waals surface area contributed by atoms with Crippen LogP contribution in [0, 0.1) is 14.4 Å². The second-order valence-corrected chi connectivity index (χ2v) is 24.4. The largest absolute Gasteiger partial charge is 0.461 e. The molecule has 2 spiro atoms. The van der Waals surface area contributed by atoms with E-state index in [9.17, 15) is 28.8 Å². The Morgan fingerprint density at radius 3 is 1.31 bits per heavy atom. The fourth-order valence-electron chi connectivity index (χ4n) is 11.1. The van der Waals surface area contributed by atoms with Crippen molar-refractivity contribution in [3.05, 3.63) is 95.8 Å². The molecule has 75 heavy (non-hydrogen) atoms. The first kappa shape index (κ1) is 55.6. The Morgan fingerprint density at radius 1 is 0.600 bits per heavy atom. The van der Waals surface area contributed by atoms with Crippen molar-refractivity contribution in [2.45, 2.75) is 119 Å². The highest BCUT2D eigenvalue weighted by molar-refractivity contribution is 14.1. The Bertz CT molecular complexity index is 2880. The van der Waals surface area contributed by atoms with Crippen LogP contribution in [0.2, 0.25) is 0 Å². The number of hydrogen-bond acceptors (Lipinski definition) is 14. The average Bonchev–Trinajstić information content (AvgIpc) is 3.73. The number of carbonyl (C=O) groups excluding carboxylic acids is 4. The van der Waals surface area contributed by atoms with Gasteiger partial charge < -0.3 is 39.0 Å². The highest BCUT2D eigenvalue weighted by Gasteiger charge is 2.50. The van der Waals surface area contributed by atoms with Crippen LogP contribution in [0.25, 0.3) is 11.4 Å². The molecule has 0 saturated carbocycles. The zero-order valence-electron chi connectivity index (χ0n) is 45.7. The van der Waals surface area contributed by atoms with E-state index in [0.29, 0.717) is 28.2 Å². The fourth-order valence-corrected chi connectivity index (χ4v) is 11.5. The summed E-state index contributed by atoms with van der Waals surface area (Å²) in [7, 11) is 4.33. The smallest absolute Gasteiger partial charge is 0.410 e. The number of esters is 2. The number of hydrogen-bond donors (Lipinski definition) is 1. The number of carbonyl (C=O) groups is 4. The van der Waals surface area contributed by atoms with Gasteiger partial charge in [-0.05, 0) is 154 Å². The van der Waals surface area contributed by atoms with Crippen LogP contribution in [-0.4, -0.2) is 165 Å². The van der Waals surface area contributed by atoms with E-state index in [1.807, 2.05) is 71.0 Å². The number of imidazole rings is 2. The van der Waals surface area contributed by atoms with Gasteiger partial charge in [-0.15, -0.1) is 0 Å². The van der Waals surface area contributed by atoms with Gasteiger partial charge in [0.25, 0.3) is 0 Å². The normalized spacial score (nSPS) is 20.4. The standard InChI is InChI=1S/C27H37N5O5.C21H26IN3O5.C6H12N2/c1-7-36-23(33)22-21-13-30(25(35)37-26(3,4)5)18(2)12-31(21)24(34)32(22)20-10-8-19(9-11-20)29-16-27(17-29)14-28(6)15-27;1-6-29-18(26)17-16-12-23(20(28)30-21(3,4)5)13(2)11-24(16)19(27)25(17)15-9-7-14(22)8-10-15;1-8-4-6(5-8)2-7-3-6/h8-11,18H,7,12-17H2,1-6H3;7-10,13H,6,11-12H2,1-5H3;7H,2-5H2,1H3. The van der Waals surface area contributed by atoms with E-state index >= 15 is 0 Å². The zero-order chi connectivity index (χ0) is 54.5. The summed E-state index contributed by atoms with van der Waals surface area (Å²) in [6.45, 7) is 28.5. The van der Waals surface area contributed by atoms with Crippen molar-refractivity contribution in [3.8, 4) is 11.4 Å². The number of anilines is 1. The lowest BCUT2D eigenvalue weighted by Gasteiger charge is -2.60. The minimum atomic E-state index is -0.657. The maximum absolute atomic E-state index is 13.6. The molecule has 2 atom stereocenters. The molecule has 2 unspecified atom stereocenters. The van der Waals surface area contributed by atoms with Gasteiger partial charge >= 0.3 is 35.5 Å². The average molecular weight is 1150 g/mol. The summed E-state index contributed by atoms with van der Waals surface area (Å²) < 4.78 is 28.6. The van der Waals surface area contributed by atoms with Crippen LogP contribution in [0.3, 0.4) is 0 Å². The van der Waals surface area contributed by atoms with Crippen LogP contribution in [0.4, 0.5) is 15.3 Å². The molecule has 4 aromatic rings. The van der Waals surface area contributed by atoms with E-state index in [-0.39, 0.29) is 74.2 Å². The van der Waals surface area contributed by atoms with Gasteiger partial charge in [0.05, 0.1) is 61.1 Å². The van der Waals surface area contributed by atoms with Crippen molar-refractivity contribution in [3.63, 3.8) is 0 Å². The molecule has 10 rings (SSSR count). The predicted octanol–water partition coefficient (Wildman–Crippen LogP) is 5.79. The van der Waals surface area contributed by atoms with Crippen molar-refractivity contribution in [2.24, 2.45) is 10.8 Å². The second kappa shape index (κ2) is 21.4. The molecule has 0 radical (unpaired) electrons. The summed E-state index contributed by atoms with van der Waals surface area (Å²) in [5.74, 6) is -1.18. The van der Waals surface area contributed by atoms with Gasteiger partial charge in [0.15, 0.2) is 11.4 Å². The molecule has 6 aliphatic rings. The molecule has 2 amide bonds. The van der Waals surface area contributed by atoms with E-state index in [1.165, 1.54) is 35.3 Å². The lowest BCUT2D eigenvalue weighted by atomic mass is 9.73. The van der Waals surface area contributed by atoms with Crippen molar-refractivity contribution >= 4 is 52.4 Å². The SMILES string of the molecule is CCOC(=O)c1c2n(c(=O)n1-c1ccc(I)cc1)CC(C)N(C(=O)OC(C)(C)C)C2.CCOC(=O)c1c2n(c(=O)n1-c1ccc(N3CC4(CN(C)C4)C3)cc1)CC(C)N(C(=O)OC(C)(C)C)C2.CN1CC2(CNC2)C1. The topological polar surface area (TPSA) is 187 Å². The number of likely N-dealkylation sites (tertiary alicyclic amines) is 2. The predicted molar refractivity (Wildman–Crippen MR) is 292 cm³/mol. The Hall–Kier alpha value is -5.65. The molecule has 4 fully saturated rings. The first-order valence-corrected chi connectivity index (χ1v) is 27.0. The molecule has 2 aromatic carbocycles. The lowest BCUT2D eigenvalue weighted by molar-refractivity contribution is -0.0218. The van der Waals surface area contributed by atoms with Crippen molar-refractivity contribution in [1.82, 2.24) is 43.2 Å². The number of nitrogens with zero attached hydrogens (tertiary/aromatic N) is 9. The van der Waals surface area contributed by atoms with E-state index in [2.05, 4.69) is 56.7 Å². The Balaban J connectivity index is 0.000000175. The van der Waals surface area contributed by atoms with Crippen LogP contribution < -0.4 is 21.6 Å². The van der Waals surface area contributed by atoms with Crippen LogP contribution in [-0.2, 0) is 45.1 Å². The Labute approximate surface area is 452 Å². The number of ether oxygens (including phenoxy) is 4. The number of benzene rings is 2. The molecule has 4 saturated heterocycles. The van der Waals surface area contributed by atoms with Gasteiger partial charge in [-0.3, -0.25) is 28.1 Å². The summed E-state index contributed by atoms with van der Waals surface area (Å²) in [4.78, 5) is 88.7. The summed E-state index contributed by atoms with van der Waals surface area (Å²) in [5.41, 5.74) is 2.65.